The van der Waals surface area contributed by atoms with Crippen LogP contribution in [0.25, 0.3) is 0 Å². The maximum Gasteiger partial charge on any atom is 0.407 e. The molecule has 2 amide bonds. The van der Waals surface area contributed by atoms with Gasteiger partial charge in [-0.25, -0.2) is 4.79 Å². The Hall–Kier alpha value is -2.08. The first-order chi connectivity index (χ1) is 10.7. The summed E-state index contributed by atoms with van der Waals surface area (Å²) in [7, 11) is 0. The molecule has 128 valence electrons. The van der Waals surface area contributed by atoms with Crippen molar-refractivity contribution in [3.05, 3.63) is 35.9 Å². The Balaban J connectivity index is 2.35. The molecule has 6 heteroatoms. The molecule has 0 aromatic heterocycles. The Morgan fingerprint density at radius 1 is 1.22 bits per heavy atom. The summed E-state index contributed by atoms with van der Waals surface area (Å²) in [5, 5.41) is 15.1. The fraction of sp³-hybridized carbons (Fsp3) is 0.529. The standard InChI is InChI=1S/C17H26N2O4/c1-12(19-16(22)23-17(2,3)4)14(20)15(21)18-11-10-13-8-6-5-7-9-13/h5-9,12,14,20H,10-11H2,1-4H3,(H,18,21)(H,19,22). The molecule has 0 saturated heterocycles. The zero-order valence-corrected chi connectivity index (χ0v) is 14.1. The van der Waals surface area contributed by atoms with E-state index in [2.05, 4.69) is 10.6 Å². The first-order valence-corrected chi connectivity index (χ1v) is 7.68. The Labute approximate surface area is 137 Å². The second kappa shape index (κ2) is 8.53. The molecule has 23 heavy (non-hydrogen) atoms. The van der Waals surface area contributed by atoms with Gasteiger partial charge >= 0.3 is 6.09 Å². The lowest BCUT2D eigenvalue weighted by Gasteiger charge is -2.24. The topological polar surface area (TPSA) is 87.7 Å². The number of rotatable bonds is 6. The Morgan fingerprint density at radius 2 is 1.83 bits per heavy atom. The number of carbonyl (C=O) groups excluding carboxylic acids is 2. The summed E-state index contributed by atoms with van der Waals surface area (Å²) < 4.78 is 5.08. The van der Waals surface area contributed by atoms with Crippen molar-refractivity contribution in [1.29, 1.82) is 0 Å². The van der Waals surface area contributed by atoms with Gasteiger partial charge in [-0.1, -0.05) is 30.3 Å². The minimum Gasteiger partial charge on any atom is -0.444 e. The van der Waals surface area contributed by atoms with Crippen molar-refractivity contribution in [2.75, 3.05) is 6.54 Å². The van der Waals surface area contributed by atoms with E-state index < -0.39 is 29.7 Å². The summed E-state index contributed by atoms with van der Waals surface area (Å²) in [6.45, 7) is 7.18. The second-order valence-corrected chi connectivity index (χ2v) is 6.41. The van der Waals surface area contributed by atoms with Gasteiger partial charge < -0.3 is 20.5 Å². The summed E-state index contributed by atoms with van der Waals surface area (Å²) in [6, 6.07) is 8.97. The van der Waals surface area contributed by atoms with Crippen LogP contribution in [0.5, 0.6) is 0 Å². The number of hydrogen-bond donors (Lipinski definition) is 3. The lowest BCUT2D eigenvalue weighted by atomic mass is 10.1. The van der Waals surface area contributed by atoms with Gasteiger partial charge in [0.15, 0.2) is 6.10 Å². The van der Waals surface area contributed by atoms with Crippen LogP contribution in [-0.2, 0) is 16.0 Å². The number of nitrogens with one attached hydrogen (secondary N) is 2. The number of benzene rings is 1. The molecule has 0 aliphatic carbocycles. The van der Waals surface area contributed by atoms with Crippen molar-refractivity contribution in [1.82, 2.24) is 10.6 Å². The van der Waals surface area contributed by atoms with Crippen LogP contribution in [-0.4, -0.2) is 41.4 Å². The van der Waals surface area contributed by atoms with Gasteiger partial charge in [0.2, 0.25) is 0 Å². The zero-order valence-electron chi connectivity index (χ0n) is 14.1. The summed E-state index contributed by atoms with van der Waals surface area (Å²) in [5.41, 5.74) is 0.467. The van der Waals surface area contributed by atoms with Crippen molar-refractivity contribution in [2.45, 2.75) is 51.9 Å². The van der Waals surface area contributed by atoms with Crippen molar-refractivity contribution in [2.24, 2.45) is 0 Å². The van der Waals surface area contributed by atoms with Crippen molar-refractivity contribution < 1.29 is 19.4 Å². The molecule has 0 bridgehead atoms. The van der Waals surface area contributed by atoms with Crippen LogP contribution in [0.3, 0.4) is 0 Å². The number of hydrogen-bond acceptors (Lipinski definition) is 4. The van der Waals surface area contributed by atoms with E-state index in [1.165, 1.54) is 0 Å². The second-order valence-electron chi connectivity index (χ2n) is 6.41. The molecule has 0 aliphatic rings. The highest BCUT2D eigenvalue weighted by molar-refractivity contribution is 5.82. The molecular formula is C17H26N2O4. The Bertz CT molecular complexity index is 511. The minimum atomic E-state index is -1.33. The molecule has 0 spiro atoms. The van der Waals surface area contributed by atoms with E-state index in [4.69, 9.17) is 4.74 Å². The van der Waals surface area contributed by atoms with Crippen LogP contribution < -0.4 is 10.6 Å². The predicted molar refractivity (Wildman–Crippen MR) is 88.0 cm³/mol. The van der Waals surface area contributed by atoms with E-state index in [-0.39, 0.29) is 0 Å². The molecule has 0 aliphatic heterocycles. The molecule has 1 aromatic rings. The first kappa shape index (κ1) is 19.0. The fourth-order valence-corrected chi connectivity index (χ4v) is 1.88. The van der Waals surface area contributed by atoms with E-state index in [1.807, 2.05) is 30.3 Å². The van der Waals surface area contributed by atoms with E-state index in [9.17, 15) is 14.7 Å². The summed E-state index contributed by atoms with van der Waals surface area (Å²) in [4.78, 5) is 23.5. The highest BCUT2D eigenvalue weighted by atomic mass is 16.6. The average Bonchev–Trinajstić information content (AvgIpc) is 2.45. The quantitative estimate of drug-likeness (QED) is 0.742. The third-order valence-corrected chi connectivity index (χ3v) is 3.04. The molecule has 0 fully saturated rings. The highest BCUT2D eigenvalue weighted by Crippen LogP contribution is 2.07. The number of amides is 2. The summed E-state index contributed by atoms with van der Waals surface area (Å²) in [6.07, 6.45) is -1.33. The van der Waals surface area contributed by atoms with E-state index in [0.717, 1.165) is 5.56 Å². The van der Waals surface area contributed by atoms with Crippen LogP contribution in [0.4, 0.5) is 4.79 Å². The van der Waals surface area contributed by atoms with Crippen LogP contribution in [0.15, 0.2) is 30.3 Å². The number of aliphatic hydroxyl groups is 1. The van der Waals surface area contributed by atoms with E-state index >= 15 is 0 Å². The molecule has 0 radical (unpaired) electrons. The van der Waals surface area contributed by atoms with E-state index in [0.29, 0.717) is 13.0 Å². The molecular weight excluding hydrogens is 296 g/mol. The Morgan fingerprint density at radius 3 is 2.39 bits per heavy atom. The van der Waals surface area contributed by atoms with Gasteiger partial charge in [0, 0.05) is 6.54 Å². The third kappa shape index (κ3) is 7.65. The number of ether oxygens (including phenoxy) is 1. The van der Waals surface area contributed by atoms with Gasteiger partial charge in [-0.05, 0) is 39.7 Å². The van der Waals surface area contributed by atoms with Crippen molar-refractivity contribution >= 4 is 12.0 Å². The molecule has 2 unspecified atom stereocenters. The number of aliphatic hydroxyl groups excluding tert-OH is 1. The molecule has 3 N–H and O–H groups in total. The van der Waals surface area contributed by atoms with Gasteiger partial charge in [-0.3, -0.25) is 4.79 Å². The van der Waals surface area contributed by atoms with Crippen molar-refractivity contribution in [3.63, 3.8) is 0 Å². The maximum atomic E-state index is 11.9. The van der Waals surface area contributed by atoms with E-state index in [1.54, 1.807) is 27.7 Å². The van der Waals surface area contributed by atoms with Crippen molar-refractivity contribution in [3.8, 4) is 0 Å². The molecule has 2 atom stereocenters. The van der Waals surface area contributed by atoms with Gasteiger partial charge in [0.25, 0.3) is 5.91 Å². The van der Waals surface area contributed by atoms with Gasteiger partial charge in [-0.2, -0.15) is 0 Å². The first-order valence-electron chi connectivity index (χ1n) is 7.68. The normalized spacial score (nSPS) is 13.8. The van der Waals surface area contributed by atoms with Crippen LogP contribution in [0.2, 0.25) is 0 Å². The highest BCUT2D eigenvalue weighted by Gasteiger charge is 2.25. The third-order valence-electron chi connectivity index (χ3n) is 3.04. The molecule has 1 aromatic carbocycles. The molecule has 1 rings (SSSR count). The SMILES string of the molecule is CC(NC(=O)OC(C)(C)C)C(O)C(=O)NCCc1ccccc1. The molecule has 0 saturated carbocycles. The maximum absolute atomic E-state index is 11.9. The van der Waals surface area contributed by atoms with Gasteiger partial charge in [0.1, 0.15) is 5.60 Å². The summed E-state index contributed by atoms with van der Waals surface area (Å²) in [5.74, 6) is -0.524. The van der Waals surface area contributed by atoms with Crippen LogP contribution in [0.1, 0.15) is 33.3 Å². The molecule has 0 heterocycles. The average molecular weight is 322 g/mol. The molecule has 6 nitrogen and oxygen atoms in total. The lowest BCUT2D eigenvalue weighted by molar-refractivity contribution is -0.130. The monoisotopic (exact) mass is 322 g/mol. The lowest BCUT2D eigenvalue weighted by Crippen LogP contribution is -2.50. The number of carbonyl (C=O) groups is 2. The largest absolute Gasteiger partial charge is 0.444 e. The smallest absolute Gasteiger partial charge is 0.407 e. The predicted octanol–water partition coefficient (Wildman–Crippen LogP) is 1.62. The minimum absolute atomic E-state index is 0.416. The number of alkyl carbamates (subject to hydrolysis) is 1. The zero-order chi connectivity index (χ0) is 17.5. The Kier molecular flexibility index (Phi) is 7.03. The van der Waals surface area contributed by atoms with Crippen LogP contribution >= 0.6 is 0 Å². The van der Waals surface area contributed by atoms with Gasteiger partial charge in [0.05, 0.1) is 6.04 Å². The summed E-state index contributed by atoms with van der Waals surface area (Å²) >= 11 is 0. The van der Waals surface area contributed by atoms with Gasteiger partial charge in [-0.15, -0.1) is 0 Å². The fourth-order valence-electron chi connectivity index (χ4n) is 1.88. The van der Waals surface area contributed by atoms with Crippen LogP contribution in [0, 0.1) is 0 Å².